The average Bonchev–Trinajstić information content (AvgIpc) is 2.67. The standard InChI is InChI=1S/C10H8INO2/c11-8-3-1-7(2-4-8)10-12-9(5-13)6-14-10/h1-4,6,13H,5H2. The van der Waals surface area contributed by atoms with Gasteiger partial charge in [-0.2, -0.15) is 0 Å². The van der Waals surface area contributed by atoms with Gasteiger partial charge < -0.3 is 9.52 Å². The molecule has 0 radical (unpaired) electrons. The van der Waals surface area contributed by atoms with Crippen LogP contribution < -0.4 is 0 Å². The van der Waals surface area contributed by atoms with Crippen molar-refractivity contribution in [2.45, 2.75) is 6.61 Å². The van der Waals surface area contributed by atoms with Crippen LogP contribution in [0, 0.1) is 3.57 Å². The van der Waals surface area contributed by atoms with E-state index >= 15 is 0 Å². The van der Waals surface area contributed by atoms with E-state index in [1.54, 1.807) is 0 Å². The second-order valence-electron chi connectivity index (χ2n) is 2.81. The van der Waals surface area contributed by atoms with Gasteiger partial charge in [0.15, 0.2) is 0 Å². The fourth-order valence-electron chi connectivity index (χ4n) is 1.10. The zero-order valence-corrected chi connectivity index (χ0v) is 9.43. The van der Waals surface area contributed by atoms with Crippen molar-refractivity contribution in [3.63, 3.8) is 0 Å². The van der Waals surface area contributed by atoms with Crippen molar-refractivity contribution in [2.24, 2.45) is 0 Å². The third-order valence-electron chi connectivity index (χ3n) is 1.80. The molecule has 2 aromatic rings. The van der Waals surface area contributed by atoms with Crippen LogP contribution in [0.3, 0.4) is 0 Å². The maximum absolute atomic E-state index is 8.82. The summed E-state index contributed by atoms with van der Waals surface area (Å²) in [6.07, 6.45) is 1.47. The lowest BCUT2D eigenvalue weighted by atomic mass is 10.2. The van der Waals surface area contributed by atoms with Crippen molar-refractivity contribution in [2.75, 3.05) is 0 Å². The maximum atomic E-state index is 8.82. The van der Waals surface area contributed by atoms with Crippen molar-refractivity contribution in [3.8, 4) is 11.5 Å². The number of hydrogen-bond acceptors (Lipinski definition) is 3. The fraction of sp³-hybridized carbons (Fsp3) is 0.100. The molecule has 2 rings (SSSR count). The summed E-state index contributed by atoms with van der Waals surface area (Å²) in [6, 6.07) is 7.85. The van der Waals surface area contributed by atoms with Crippen LogP contribution in [0.5, 0.6) is 0 Å². The smallest absolute Gasteiger partial charge is 0.226 e. The molecule has 1 aromatic carbocycles. The maximum Gasteiger partial charge on any atom is 0.226 e. The molecular formula is C10H8INO2. The number of oxazole rings is 1. The molecule has 0 spiro atoms. The number of benzene rings is 1. The van der Waals surface area contributed by atoms with Gasteiger partial charge in [-0.3, -0.25) is 0 Å². The molecular weight excluding hydrogens is 293 g/mol. The Bertz CT molecular complexity index is 422. The van der Waals surface area contributed by atoms with Gasteiger partial charge in [0, 0.05) is 9.13 Å². The molecule has 0 aliphatic rings. The molecule has 0 aliphatic carbocycles. The monoisotopic (exact) mass is 301 g/mol. The minimum Gasteiger partial charge on any atom is -0.444 e. The van der Waals surface area contributed by atoms with Crippen LogP contribution in [0.25, 0.3) is 11.5 Å². The second-order valence-corrected chi connectivity index (χ2v) is 4.05. The molecule has 14 heavy (non-hydrogen) atoms. The van der Waals surface area contributed by atoms with E-state index in [1.807, 2.05) is 24.3 Å². The van der Waals surface area contributed by atoms with E-state index in [-0.39, 0.29) is 6.61 Å². The first kappa shape index (κ1) is 9.67. The molecule has 1 heterocycles. The van der Waals surface area contributed by atoms with Crippen LogP contribution in [0.4, 0.5) is 0 Å². The summed E-state index contributed by atoms with van der Waals surface area (Å²) in [5, 5.41) is 8.82. The summed E-state index contributed by atoms with van der Waals surface area (Å²) in [4.78, 5) is 4.11. The molecule has 1 aromatic heterocycles. The van der Waals surface area contributed by atoms with Crippen molar-refractivity contribution in [3.05, 3.63) is 39.8 Å². The molecule has 0 saturated carbocycles. The second kappa shape index (κ2) is 4.10. The lowest BCUT2D eigenvalue weighted by Gasteiger charge is -1.94. The van der Waals surface area contributed by atoms with Gasteiger partial charge >= 0.3 is 0 Å². The van der Waals surface area contributed by atoms with Crippen LogP contribution in [-0.2, 0) is 6.61 Å². The number of aliphatic hydroxyl groups excluding tert-OH is 1. The predicted molar refractivity (Wildman–Crippen MR) is 60.6 cm³/mol. The van der Waals surface area contributed by atoms with E-state index in [9.17, 15) is 0 Å². The van der Waals surface area contributed by atoms with Gasteiger partial charge in [0.2, 0.25) is 5.89 Å². The topological polar surface area (TPSA) is 46.3 Å². The molecule has 0 amide bonds. The van der Waals surface area contributed by atoms with Gasteiger partial charge in [-0.15, -0.1) is 0 Å². The van der Waals surface area contributed by atoms with Crippen molar-refractivity contribution in [1.29, 1.82) is 0 Å². The van der Waals surface area contributed by atoms with Gasteiger partial charge in [0.25, 0.3) is 0 Å². The molecule has 1 N–H and O–H groups in total. The number of halogens is 1. The Labute approximate surface area is 94.9 Å². The normalized spacial score (nSPS) is 10.4. The summed E-state index contributed by atoms with van der Waals surface area (Å²) in [7, 11) is 0. The number of nitrogens with zero attached hydrogens (tertiary/aromatic N) is 1. The van der Waals surface area contributed by atoms with Gasteiger partial charge in [0.05, 0.1) is 6.61 Å². The highest BCUT2D eigenvalue weighted by atomic mass is 127. The van der Waals surface area contributed by atoms with Crippen LogP contribution in [-0.4, -0.2) is 10.1 Å². The summed E-state index contributed by atoms with van der Waals surface area (Å²) < 4.78 is 6.37. The molecule has 0 saturated heterocycles. The van der Waals surface area contributed by atoms with E-state index in [1.165, 1.54) is 9.83 Å². The third kappa shape index (κ3) is 1.96. The Morgan fingerprint density at radius 1 is 1.29 bits per heavy atom. The van der Waals surface area contributed by atoms with Crippen LogP contribution in [0.1, 0.15) is 5.69 Å². The summed E-state index contributed by atoms with van der Waals surface area (Å²) >= 11 is 2.24. The average molecular weight is 301 g/mol. The zero-order chi connectivity index (χ0) is 9.97. The molecule has 0 aliphatic heterocycles. The molecule has 3 nitrogen and oxygen atoms in total. The van der Waals surface area contributed by atoms with Gasteiger partial charge in [0.1, 0.15) is 12.0 Å². The molecule has 0 unspecified atom stereocenters. The Hall–Kier alpha value is -0.880. The largest absolute Gasteiger partial charge is 0.444 e. The quantitative estimate of drug-likeness (QED) is 0.867. The molecule has 0 atom stereocenters. The van der Waals surface area contributed by atoms with Crippen LogP contribution >= 0.6 is 22.6 Å². The first-order valence-corrected chi connectivity index (χ1v) is 5.18. The first-order valence-electron chi connectivity index (χ1n) is 4.11. The number of aromatic nitrogens is 1. The zero-order valence-electron chi connectivity index (χ0n) is 7.27. The SMILES string of the molecule is OCc1coc(-c2ccc(I)cc2)n1. The van der Waals surface area contributed by atoms with Gasteiger partial charge in [-0.1, -0.05) is 0 Å². The van der Waals surface area contributed by atoms with Crippen LogP contribution in [0.15, 0.2) is 34.9 Å². The Kier molecular flexibility index (Phi) is 2.83. The van der Waals surface area contributed by atoms with Gasteiger partial charge in [-0.05, 0) is 46.9 Å². The van der Waals surface area contributed by atoms with Gasteiger partial charge in [-0.25, -0.2) is 4.98 Å². The van der Waals surface area contributed by atoms with E-state index in [2.05, 4.69) is 27.6 Å². The molecule has 0 fully saturated rings. The Morgan fingerprint density at radius 2 is 2.00 bits per heavy atom. The summed E-state index contributed by atoms with van der Waals surface area (Å²) in [5.41, 5.74) is 1.48. The van der Waals surface area contributed by atoms with E-state index in [0.717, 1.165) is 5.56 Å². The highest BCUT2D eigenvalue weighted by molar-refractivity contribution is 14.1. The van der Waals surface area contributed by atoms with Crippen molar-refractivity contribution < 1.29 is 9.52 Å². The number of aliphatic hydroxyl groups is 1. The first-order chi connectivity index (χ1) is 6.79. The minimum absolute atomic E-state index is 0.0894. The van der Waals surface area contributed by atoms with Crippen LogP contribution in [0.2, 0.25) is 0 Å². The molecule has 72 valence electrons. The lowest BCUT2D eigenvalue weighted by Crippen LogP contribution is -1.82. The number of hydrogen-bond donors (Lipinski definition) is 1. The van der Waals surface area contributed by atoms with Crippen molar-refractivity contribution >= 4 is 22.6 Å². The number of rotatable bonds is 2. The molecule has 0 bridgehead atoms. The van der Waals surface area contributed by atoms with Crippen molar-refractivity contribution in [1.82, 2.24) is 4.98 Å². The Balaban J connectivity index is 2.34. The summed E-state index contributed by atoms with van der Waals surface area (Å²) in [6.45, 7) is -0.0894. The highest BCUT2D eigenvalue weighted by Gasteiger charge is 2.04. The lowest BCUT2D eigenvalue weighted by molar-refractivity contribution is 0.276. The van der Waals surface area contributed by atoms with E-state index in [0.29, 0.717) is 11.6 Å². The highest BCUT2D eigenvalue weighted by Crippen LogP contribution is 2.19. The van der Waals surface area contributed by atoms with E-state index in [4.69, 9.17) is 9.52 Å². The van der Waals surface area contributed by atoms with E-state index < -0.39 is 0 Å². The molecule has 4 heteroatoms. The fourth-order valence-corrected chi connectivity index (χ4v) is 1.46. The summed E-state index contributed by atoms with van der Waals surface area (Å²) in [5.74, 6) is 0.547. The Morgan fingerprint density at radius 3 is 2.57 bits per heavy atom. The predicted octanol–water partition coefficient (Wildman–Crippen LogP) is 2.44. The third-order valence-corrected chi connectivity index (χ3v) is 2.52. The minimum atomic E-state index is -0.0894.